The standard InChI is InChI=1S/C16H21BrN4/c1-11(2)14-15(18-3)19-10-20-16(14)21(4)9-12-5-7-13(17)8-6-12/h5-8,10-11H,9H2,1-4H3,(H,18,19,20). The van der Waals surface area contributed by atoms with Crippen molar-refractivity contribution in [2.45, 2.75) is 26.3 Å². The Morgan fingerprint density at radius 1 is 1.19 bits per heavy atom. The van der Waals surface area contributed by atoms with E-state index in [2.05, 4.69) is 81.3 Å². The molecule has 0 aliphatic carbocycles. The molecule has 1 aromatic heterocycles. The molecule has 0 amide bonds. The molecule has 0 spiro atoms. The van der Waals surface area contributed by atoms with Crippen molar-refractivity contribution in [1.82, 2.24) is 9.97 Å². The predicted molar refractivity (Wildman–Crippen MR) is 91.9 cm³/mol. The number of nitrogens with one attached hydrogen (secondary N) is 1. The first-order chi connectivity index (χ1) is 10.0. The number of aromatic nitrogens is 2. The second-order valence-corrected chi connectivity index (χ2v) is 6.26. The topological polar surface area (TPSA) is 41.1 Å². The first-order valence-electron chi connectivity index (χ1n) is 7.01. The second kappa shape index (κ2) is 6.89. The van der Waals surface area contributed by atoms with E-state index < -0.39 is 0 Å². The molecule has 0 atom stereocenters. The number of rotatable bonds is 5. The third-order valence-corrected chi connectivity index (χ3v) is 3.90. The zero-order chi connectivity index (χ0) is 15.4. The minimum Gasteiger partial charge on any atom is -0.373 e. The van der Waals surface area contributed by atoms with Crippen LogP contribution in [0.4, 0.5) is 11.6 Å². The number of halogens is 1. The highest BCUT2D eigenvalue weighted by Crippen LogP contribution is 2.30. The van der Waals surface area contributed by atoms with E-state index in [0.717, 1.165) is 28.2 Å². The maximum atomic E-state index is 4.49. The highest BCUT2D eigenvalue weighted by molar-refractivity contribution is 9.10. The molecular formula is C16H21BrN4. The molecule has 5 heteroatoms. The van der Waals surface area contributed by atoms with Gasteiger partial charge in [-0.2, -0.15) is 0 Å². The second-order valence-electron chi connectivity index (χ2n) is 5.35. The largest absolute Gasteiger partial charge is 0.373 e. The van der Waals surface area contributed by atoms with Crippen LogP contribution in [0.1, 0.15) is 30.9 Å². The maximum Gasteiger partial charge on any atom is 0.137 e. The third kappa shape index (κ3) is 3.73. The lowest BCUT2D eigenvalue weighted by Gasteiger charge is -2.24. The van der Waals surface area contributed by atoms with Crippen molar-refractivity contribution in [2.24, 2.45) is 0 Å². The molecule has 1 N–H and O–H groups in total. The van der Waals surface area contributed by atoms with Gasteiger partial charge in [0.05, 0.1) is 0 Å². The minimum atomic E-state index is 0.357. The zero-order valence-corrected chi connectivity index (χ0v) is 14.5. The summed E-state index contributed by atoms with van der Waals surface area (Å²) in [7, 11) is 3.96. The molecule has 0 unspecified atom stereocenters. The Balaban J connectivity index is 2.30. The number of hydrogen-bond donors (Lipinski definition) is 1. The molecule has 4 nitrogen and oxygen atoms in total. The van der Waals surface area contributed by atoms with Gasteiger partial charge in [0, 0.05) is 30.7 Å². The van der Waals surface area contributed by atoms with E-state index in [4.69, 9.17) is 0 Å². The Morgan fingerprint density at radius 3 is 2.43 bits per heavy atom. The molecule has 21 heavy (non-hydrogen) atoms. The van der Waals surface area contributed by atoms with Crippen molar-refractivity contribution in [3.05, 3.63) is 46.2 Å². The molecule has 1 heterocycles. The van der Waals surface area contributed by atoms with Gasteiger partial charge in [-0.25, -0.2) is 9.97 Å². The maximum absolute atomic E-state index is 4.49. The van der Waals surface area contributed by atoms with Gasteiger partial charge < -0.3 is 10.2 Å². The molecule has 0 fully saturated rings. The Labute approximate surface area is 134 Å². The van der Waals surface area contributed by atoms with Crippen LogP contribution in [0.2, 0.25) is 0 Å². The zero-order valence-electron chi connectivity index (χ0n) is 12.9. The molecule has 0 saturated heterocycles. The lowest BCUT2D eigenvalue weighted by atomic mass is 10.0. The van der Waals surface area contributed by atoms with Gasteiger partial charge in [-0.3, -0.25) is 0 Å². The summed E-state index contributed by atoms with van der Waals surface area (Å²) in [6, 6.07) is 8.36. The van der Waals surface area contributed by atoms with Gasteiger partial charge >= 0.3 is 0 Å². The van der Waals surface area contributed by atoms with Gasteiger partial charge in [0.2, 0.25) is 0 Å². The smallest absolute Gasteiger partial charge is 0.137 e. The fourth-order valence-corrected chi connectivity index (χ4v) is 2.62. The summed E-state index contributed by atoms with van der Waals surface area (Å²) in [4.78, 5) is 11.0. The van der Waals surface area contributed by atoms with Crippen molar-refractivity contribution < 1.29 is 0 Å². The van der Waals surface area contributed by atoms with Crippen molar-refractivity contribution in [3.63, 3.8) is 0 Å². The van der Waals surface area contributed by atoms with Gasteiger partial charge in [0.1, 0.15) is 18.0 Å². The fraction of sp³-hybridized carbons (Fsp3) is 0.375. The predicted octanol–water partition coefficient (Wildman–Crippen LogP) is 4.04. The van der Waals surface area contributed by atoms with Gasteiger partial charge in [0.25, 0.3) is 0 Å². The number of hydrogen-bond acceptors (Lipinski definition) is 4. The summed E-state index contributed by atoms with van der Waals surface area (Å²) >= 11 is 3.46. The van der Waals surface area contributed by atoms with Gasteiger partial charge in [0.15, 0.2) is 0 Å². The molecule has 0 radical (unpaired) electrons. The summed E-state index contributed by atoms with van der Waals surface area (Å²) in [5.41, 5.74) is 2.40. The number of anilines is 2. The SMILES string of the molecule is CNc1ncnc(N(C)Cc2ccc(Br)cc2)c1C(C)C. The van der Waals surface area contributed by atoms with E-state index in [0.29, 0.717) is 5.92 Å². The summed E-state index contributed by atoms with van der Waals surface area (Å²) in [5.74, 6) is 2.24. The summed E-state index contributed by atoms with van der Waals surface area (Å²) in [6.07, 6.45) is 1.62. The van der Waals surface area contributed by atoms with Crippen LogP contribution in [-0.2, 0) is 6.54 Å². The quantitative estimate of drug-likeness (QED) is 0.885. The average molecular weight is 349 g/mol. The lowest BCUT2D eigenvalue weighted by molar-refractivity contribution is 0.810. The van der Waals surface area contributed by atoms with Gasteiger partial charge in [-0.15, -0.1) is 0 Å². The van der Waals surface area contributed by atoms with E-state index >= 15 is 0 Å². The summed E-state index contributed by atoms with van der Waals surface area (Å²) < 4.78 is 1.09. The molecule has 0 aliphatic rings. The monoisotopic (exact) mass is 348 g/mol. The fourth-order valence-electron chi connectivity index (χ4n) is 2.36. The molecule has 112 valence electrons. The average Bonchev–Trinajstić information content (AvgIpc) is 2.48. The van der Waals surface area contributed by atoms with Crippen molar-refractivity contribution in [2.75, 3.05) is 24.3 Å². The first-order valence-corrected chi connectivity index (χ1v) is 7.80. The molecule has 0 bridgehead atoms. The van der Waals surface area contributed by atoms with Crippen LogP contribution in [0.5, 0.6) is 0 Å². The third-order valence-electron chi connectivity index (χ3n) is 3.37. The van der Waals surface area contributed by atoms with Crippen molar-refractivity contribution >= 4 is 27.6 Å². The van der Waals surface area contributed by atoms with Crippen LogP contribution in [0.15, 0.2) is 35.1 Å². The molecule has 0 saturated carbocycles. The highest BCUT2D eigenvalue weighted by atomic mass is 79.9. The number of nitrogens with zero attached hydrogens (tertiary/aromatic N) is 3. The van der Waals surface area contributed by atoms with Crippen molar-refractivity contribution in [3.8, 4) is 0 Å². The van der Waals surface area contributed by atoms with Crippen LogP contribution in [-0.4, -0.2) is 24.1 Å². The lowest BCUT2D eigenvalue weighted by Crippen LogP contribution is -2.21. The van der Waals surface area contributed by atoms with Crippen LogP contribution in [0, 0.1) is 0 Å². The summed E-state index contributed by atoms with van der Waals surface area (Å²) in [5, 5.41) is 3.16. The van der Waals surface area contributed by atoms with E-state index in [1.807, 2.05) is 7.05 Å². The molecular weight excluding hydrogens is 328 g/mol. The first kappa shape index (κ1) is 15.8. The Morgan fingerprint density at radius 2 is 1.86 bits per heavy atom. The van der Waals surface area contributed by atoms with Crippen LogP contribution in [0.25, 0.3) is 0 Å². The number of benzene rings is 1. The normalized spacial score (nSPS) is 10.8. The molecule has 2 aromatic rings. The Bertz CT molecular complexity index is 596. The summed E-state index contributed by atoms with van der Waals surface area (Å²) in [6.45, 7) is 5.14. The van der Waals surface area contributed by atoms with E-state index in [1.54, 1.807) is 6.33 Å². The van der Waals surface area contributed by atoms with E-state index in [9.17, 15) is 0 Å². The Kier molecular flexibility index (Phi) is 5.17. The Hall–Kier alpha value is -1.62. The molecule has 2 rings (SSSR count). The minimum absolute atomic E-state index is 0.357. The van der Waals surface area contributed by atoms with Crippen LogP contribution >= 0.6 is 15.9 Å². The molecule has 0 aliphatic heterocycles. The van der Waals surface area contributed by atoms with E-state index in [-0.39, 0.29) is 0 Å². The van der Waals surface area contributed by atoms with Gasteiger partial charge in [-0.05, 0) is 23.6 Å². The van der Waals surface area contributed by atoms with Crippen LogP contribution in [0.3, 0.4) is 0 Å². The van der Waals surface area contributed by atoms with Crippen LogP contribution < -0.4 is 10.2 Å². The van der Waals surface area contributed by atoms with Gasteiger partial charge in [-0.1, -0.05) is 41.9 Å². The van der Waals surface area contributed by atoms with E-state index in [1.165, 1.54) is 5.56 Å². The van der Waals surface area contributed by atoms with Crippen molar-refractivity contribution in [1.29, 1.82) is 0 Å². The highest BCUT2D eigenvalue weighted by Gasteiger charge is 2.17. The molecule has 1 aromatic carbocycles.